The molecule has 1 aromatic rings. The molecule has 1 saturated carbocycles. The third-order valence-electron chi connectivity index (χ3n) is 4.06. The summed E-state index contributed by atoms with van der Waals surface area (Å²) in [5, 5.41) is 9.38. The number of aliphatic carboxylic acids is 1. The highest BCUT2D eigenvalue weighted by Crippen LogP contribution is 2.29. The number of carboxylic acids is 1. The van der Waals surface area contributed by atoms with Crippen LogP contribution in [0.2, 0.25) is 0 Å². The van der Waals surface area contributed by atoms with Crippen LogP contribution in [0.5, 0.6) is 0 Å². The monoisotopic (exact) mass is 262 g/mol. The first kappa shape index (κ1) is 14.0. The maximum atomic E-state index is 11.4. The number of aromatic nitrogens is 1. The summed E-state index contributed by atoms with van der Waals surface area (Å²) < 4.78 is 0. The lowest BCUT2D eigenvalue weighted by atomic mass is 9.83. The molecule has 2 rings (SSSR count). The van der Waals surface area contributed by atoms with E-state index in [-0.39, 0.29) is 12.0 Å². The standard InChI is InChI=1S/C15H22N2O2/c1-2-17(11-12-7-9-16-10-8-12)14-6-4-3-5-13(14)15(18)19/h7-10,13-14H,2-6,11H2,1H3,(H,18,19). The Kier molecular flexibility index (Phi) is 4.91. The van der Waals surface area contributed by atoms with E-state index in [9.17, 15) is 9.90 Å². The second kappa shape index (κ2) is 6.66. The van der Waals surface area contributed by atoms with E-state index in [2.05, 4.69) is 16.8 Å². The average molecular weight is 262 g/mol. The van der Waals surface area contributed by atoms with Crippen molar-refractivity contribution in [3.05, 3.63) is 30.1 Å². The Hall–Kier alpha value is -1.42. The van der Waals surface area contributed by atoms with E-state index in [0.29, 0.717) is 0 Å². The summed E-state index contributed by atoms with van der Waals surface area (Å²) in [5.74, 6) is -0.853. The summed E-state index contributed by atoms with van der Waals surface area (Å²) in [6.45, 7) is 3.80. The Morgan fingerprint density at radius 2 is 2.05 bits per heavy atom. The number of hydrogen-bond acceptors (Lipinski definition) is 3. The SMILES string of the molecule is CCN(Cc1ccncc1)C1CCCCC1C(=O)O. The van der Waals surface area contributed by atoms with Gasteiger partial charge >= 0.3 is 5.97 Å². The lowest BCUT2D eigenvalue weighted by Gasteiger charge is -2.37. The Bertz CT molecular complexity index is 408. The van der Waals surface area contributed by atoms with Gasteiger partial charge in [0.2, 0.25) is 0 Å². The van der Waals surface area contributed by atoms with Crippen molar-refractivity contribution < 1.29 is 9.90 Å². The molecule has 1 aliphatic rings. The van der Waals surface area contributed by atoms with Crippen LogP contribution >= 0.6 is 0 Å². The molecule has 0 amide bonds. The second-order valence-corrected chi connectivity index (χ2v) is 5.22. The molecule has 0 bridgehead atoms. The number of carboxylic acid groups (broad SMARTS) is 1. The van der Waals surface area contributed by atoms with Crippen LogP contribution in [0, 0.1) is 5.92 Å². The van der Waals surface area contributed by atoms with Crippen LogP contribution in [-0.4, -0.2) is 33.5 Å². The lowest BCUT2D eigenvalue weighted by Crippen LogP contribution is -2.45. The van der Waals surface area contributed by atoms with Crippen molar-refractivity contribution in [2.75, 3.05) is 6.54 Å². The van der Waals surface area contributed by atoms with Gasteiger partial charge in [-0.15, -0.1) is 0 Å². The molecule has 2 unspecified atom stereocenters. The number of rotatable bonds is 5. The predicted octanol–water partition coefficient (Wildman–Crippen LogP) is 2.55. The average Bonchev–Trinajstić information content (AvgIpc) is 2.46. The normalized spacial score (nSPS) is 23.5. The van der Waals surface area contributed by atoms with E-state index in [4.69, 9.17) is 0 Å². The summed E-state index contributed by atoms with van der Waals surface area (Å²) in [6, 6.07) is 4.17. The molecule has 0 aliphatic heterocycles. The van der Waals surface area contributed by atoms with Gasteiger partial charge in [-0.2, -0.15) is 0 Å². The smallest absolute Gasteiger partial charge is 0.308 e. The van der Waals surface area contributed by atoms with Gasteiger partial charge in [0.25, 0.3) is 0 Å². The molecule has 4 heteroatoms. The van der Waals surface area contributed by atoms with Gasteiger partial charge in [0, 0.05) is 25.0 Å². The van der Waals surface area contributed by atoms with E-state index in [1.165, 1.54) is 5.56 Å². The van der Waals surface area contributed by atoms with Crippen molar-refractivity contribution in [2.45, 2.75) is 45.2 Å². The van der Waals surface area contributed by atoms with Crippen molar-refractivity contribution in [3.63, 3.8) is 0 Å². The second-order valence-electron chi connectivity index (χ2n) is 5.22. The highest BCUT2D eigenvalue weighted by atomic mass is 16.4. The fourth-order valence-electron chi connectivity index (χ4n) is 3.02. The van der Waals surface area contributed by atoms with E-state index in [1.807, 2.05) is 12.1 Å². The molecule has 4 nitrogen and oxygen atoms in total. The minimum absolute atomic E-state index is 0.171. The zero-order chi connectivity index (χ0) is 13.7. The number of hydrogen-bond donors (Lipinski definition) is 1. The fraction of sp³-hybridized carbons (Fsp3) is 0.600. The Morgan fingerprint density at radius 1 is 1.37 bits per heavy atom. The van der Waals surface area contributed by atoms with Gasteiger partial charge in [-0.1, -0.05) is 19.8 Å². The maximum absolute atomic E-state index is 11.4. The van der Waals surface area contributed by atoms with Crippen LogP contribution in [0.1, 0.15) is 38.2 Å². The molecule has 0 spiro atoms. The highest BCUT2D eigenvalue weighted by molar-refractivity contribution is 5.71. The minimum Gasteiger partial charge on any atom is -0.481 e. The maximum Gasteiger partial charge on any atom is 0.308 e. The quantitative estimate of drug-likeness (QED) is 0.886. The predicted molar refractivity (Wildman–Crippen MR) is 73.7 cm³/mol. The van der Waals surface area contributed by atoms with E-state index < -0.39 is 5.97 Å². The molecular formula is C15H22N2O2. The molecule has 1 aromatic heterocycles. The van der Waals surface area contributed by atoms with Gasteiger partial charge in [0.05, 0.1) is 5.92 Å². The van der Waals surface area contributed by atoms with Crippen molar-refractivity contribution >= 4 is 5.97 Å². The van der Waals surface area contributed by atoms with Gasteiger partial charge in [-0.05, 0) is 37.1 Å². The zero-order valence-electron chi connectivity index (χ0n) is 11.5. The molecule has 0 radical (unpaired) electrons. The van der Waals surface area contributed by atoms with Gasteiger partial charge in [0.15, 0.2) is 0 Å². The number of nitrogens with zero attached hydrogens (tertiary/aromatic N) is 2. The van der Waals surface area contributed by atoms with Crippen LogP contribution < -0.4 is 0 Å². The third-order valence-corrected chi connectivity index (χ3v) is 4.06. The van der Waals surface area contributed by atoms with E-state index in [1.54, 1.807) is 12.4 Å². The van der Waals surface area contributed by atoms with Crippen LogP contribution in [0.25, 0.3) is 0 Å². The molecule has 0 saturated heterocycles. The third kappa shape index (κ3) is 3.53. The largest absolute Gasteiger partial charge is 0.481 e. The topological polar surface area (TPSA) is 53.4 Å². The van der Waals surface area contributed by atoms with Crippen LogP contribution in [0.15, 0.2) is 24.5 Å². The Balaban J connectivity index is 2.09. The first-order chi connectivity index (χ1) is 9.22. The first-order valence-corrected chi connectivity index (χ1v) is 7.08. The molecule has 104 valence electrons. The van der Waals surface area contributed by atoms with Crippen molar-refractivity contribution in [1.29, 1.82) is 0 Å². The van der Waals surface area contributed by atoms with Gasteiger partial charge in [-0.25, -0.2) is 0 Å². The molecule has 19 heavy (non-hydrogen) atoms. The van der Waals surface area contributed by atoms with Crippen molar-refractivity contribution in [2.24, 2.45) is 5.92 Å². The minimum atomic E-state index is -0.641. The van der Waals surface area contributed by atoms with Gasteiger partial charge < -0.3 is 5.11 Å². The molecule has 0 aromatic carbocycles. The van der Waals surface area contributed by atoms with Crippen LogP contribution in [0.4, 0.5) is 0 Å². The summed E-state index contributed by atoms with van der Waals surface area (Å²) in [7, 11) is 0. The first-order valence-electron chi connectivity index (χ1n) is 7.08. The van der Waals surface area contributed by atoms with Gasteiger partial charge in [-0.3, -0.25) is 14.7 Å². The molecule has 1 N–H and O–H groups in total. The van der Waals surface area contributed by atoms with Crippen LogP contribution in [-0.2, 0) is 11.3 Å². The highest BCUT2D eigenvalue weighted by Gasteiger charge is 2.34. The summed E-state index contributed by atoms with van der Waals surface area (Å²) in [6.07, 6.45) is 7.57. The molecule has 1 fully saturated rings. The Labute approximate surface area is 114 Å². The number of carbonyl (C=O) groups is 1. The number of pyridine rings is 1. The van der Waals surface area contributed by atoms with Gasteiger partial charge in [0.1, 0.15) is 0 Å². The zero-order valence-corrected chi connectivity index (χ0v) is 11.5. The summed E-state index contributed by atoms with van der Waals surface area (Å²) >= 11 is 0. The molecule has 1 heterocycles. The van der Waals surface area contributed by atoms with Crippen LogP contribution in [0.3, 0.4) is 0 Å². The lowest BCUT2D eigenvalue weighted by molar-refractivity contribution is -0.145. The Morgan fingerprint density at radius 3 is 2.68 bits per heavy atom. The fourth-order valence-corrected chi connectivity index (χ4v) is 3.02. The summed E-state index contributed by atoms with van der Waals surface area (Å²) in [5.41, 5.74) is 1.20. The summed E-state index contributed by atoms with van der Waals surface area (Å²) in [4.78, 5) is 17.7. The van der Waals surface area contributed by atoms with E-state index in [0.717, 1.165) is 38.8 Å². The molecule has 2 atom stereocenters. The van der Waals surface area contributed by atoms with E-state index >= 15 is 0 Å². The van der Waals surface area contributed by atoms with Crippen molar-refractivity contribution in [3.8, 4) is 0 Å². The molecular weight excluding hydrogens is 240 g/mol. The molecule has 1 aliphatic carbocycles. The van der Waals surface area contributed by atoms with Crippen molar-refractivity contribution in [1.82, 2.24) is 9.88 Å².